The monoisotopic (exact) mass is 126 g/mol. The predicted molar refractivity (Wildman–Crippen MR) is 36.1 cm³/mol. The summed E-state index contributed by atoms with van der Waals surface area (Å²) in [6.45, 7) is 1.92. The van der Waals surface area contributed by atoms with Gasteiger partial charge in [-0.05, 0) is 6.92 Å². The fraction of sp³-hybridized carbons (Fsp3) is 0.200. The van der Waals surface area contributed by atoms with Gasteiger partial charge in [-0.1, -0.05) is 9.24 Å². The molecule has 0 amide bonds. The first-order valence-corrected chi connectivity index (χ1v) is 2.91. The molecule has 1 aromatic heterocycles. The minimum Gasteiger partial charge on any atom is -0.261 e. The van der Waals surface area contributed by atoms with Crippen molar-refractivity contribution in [3.05, 3.63) is 18.1 Å². The third kappa shape index (κ3) is 1.24. The van der Waals surface area contributed by atoms with Gasteiger partial charge in [0.05, 0.1) is 17.3 Å². The first-order valence-electron chi connectivity index (χ1n) is 2.33. The number of rotatable bonds is 0. The molecule has 42 valence electrons. The van der Waals surface area contributed by atoms with Crippen LogP contribution in [0.4, 0.5) is 0 Å². The Balaban J connectivity index is 3.08. The van der Waals surface area contributed by atoms with Crippen LogP contribution in [0.25, 0.3) is 0 Å². The number of aryl methyl sites for hydroxylation is 1. The van der Waals surface area contributed by atoms with Gasteiger partial charge in [0, 0.05) is 6.20 Å². The van der Waals surface area contributed by atoms with Crippen molar-refractivity contribution in [1.29, 1.82) is 0 Å². The van der Waals surface area contributed by atoms with Crippen molar-refractivity contribution in [1.82, 2.24) is 9.97 Å². The Morgan fingerprint density at radius 1 is 1.50 bits per heavy atom. The highest BCUT2D eigenvalue weighted by Gasteiger charge is 1.83. The third-order valence-electron chi connectivity index (χ3n) is 0.774. The SMILES string of the molecule is Cc1cncc(P)n1. The van der Waals surface area contributed by atoms with Gasteiger partial charge in [-0.25, -0.2) is 0 Å². The van der Waals surface area contributed by atoms with E-state index in [9.17, 15) is 0 Å². The first kappa shape index (κ1) is 5.64. The van der Waals surface area contributed by atoms with Crippen molar-refractivity contribution < 1.29 is 0 Å². The minimum absolute atomic E-state index is 0.894. The fourth-order valence-corrected chi connectivity index (χ4v) is 0.773. The van der Waals surface area contributed by atoms with Crippen molar-refractivity contribution in [2.24, 2.45) is 0 Å². The molecule has 1 rings (SSSR count). The van der Waals surface area contributed by atoms with Crippen LogP contribution >= 0.6 is 9.24 Å². The molecule has 0 radical (unpaired) electrons. The highest BCUT2D eigenvalue weighted by Crippen LogP contribution is 1.85. The molecule has 1 atom stereocenters. The molecule has 0 aliphatic rings. The Morgan fingerprint density at radius 3 is 2.62 bits per heavy atom. The van der Waals surface area contributed by atoms with Crippen molar-refractivity contribution in [2.45, 2.75) is 6.92 Å². The second kappa shape index (κ2) is 2.19. The van der Waals surface area contributed by atoms with Crippen LogP contribution in [0.1, 0.15) is 5.69 Å². The molecule has 1 heterocycles. The lowest BCUT2D eigenvalue weighted by molar-refractivity contribution is 1.15. The summed E-state index contributed by atoms with van der Waals surface area (Å²) in [5, 5.41) is 0. The number of hydrogen-bond donors (Lipinski definition) is 0. The molecule has 1 aromatic rings. The van der Waals surface area contributed by atoms with Gasteiger partial charge in [0.25, 0.3) is 0 Å². The lowest BCUT2D eigenvalue weighted by Gasteiger charge is -1.89. The summed E-state index contributed by atoms with van der Waals surface area (Å²) in [5.74, 6) is 0. The molecule has 0 bridgehead atoms. The van der Waals surface area contributed by atoms with Crippen LogP contribution in [0.3, 0.4) is 0 Å². The summed E-state index contributed by atoms with van der Waals surface area (Å²) < 4.78 is 0. The van der Waals surface area contributed by atoms with Crippen molar-refractivity contribution in [3.8, 4) is 0 Å². The number of nitrogens with zero attached hydrogens (tertiary/aromatic N) is 2. The van der Waals surface area contributed by atoms with Crippen LogP contribution in [-0.4, -0.2) is 9.97 Å². The van der Waals surface area contributed by atoms with Crippen molar-refractivity contribution >= 4 is 14.7 Å². The van der Waals surface area contributed by atoms with E-state index in [1.54, 1.807) is 12.4 Å². The molecule has 0 saturated carbocycles. The summed E-state index contributed by atoms with van der Waals surface area (Å²) in [5.41, 5.74) is 1.85. The van der Waals surface area contributed by atoms with Gasteiger partial charge in [-0.2, -0.15) is 0 Å². The second-order valence-corrected chi connectivity index (χ2v) is 2.18. The molecule has 0 aliphatic carbocycles. The molecular formula is C5H7N2P. The van der Waals surface area contributed by atoms with E-state index >= 15 is 0 Å². The lowest BCUT2D eigenvalue weighted by atomic mass is 10.5. The third-order valence-corrected chi connectivity index (χ3v) is 1.05. The lowest BCUT2D eigenvalue weighted by Crippen LogP contribution is -1.99. The van der Waals surface area contributed by atoms with Gasteiger partial charge < -0.3 is 0 Å². The molecule has 1 unspecified atom stereocenters. The van der Waals surface area contributed by atoms with E-state index in [0.29, 0.717) is 0 Å². The molecule has 3 heteroatoms. The zero-order valence-electron chi connectivity index (χ0n) is 4.63. The first-order chi connectivity index (χ1) is 3.79. The van der Waals surface area contributed by atoms with E-state index in [1.807, 2.05) is 6.92 Å². The normalized spacial score (nSPS) is 9.25. The van der Waals surface area contributed by atoms with E-state index in [0.717, 1.165) is 11.1 Å². The largest absolute Gasteiger partial charge is 0.261 e. The van der Waals surface area contributed by atoms with E-state index in [2.05, 4.69) is 19.2 Å². The van der Waals surface area contributed by atoms with Gasteiger partial charge in [0.1, 0.15) is 0 Å². The summed E-state index contributed by atoms with van der Waals surface area (Å²) >= 11 is 0. The molecule has 0 aromatic carbocycles. The van der Waals surface area contributed by atoms with Crippen LogP contribution in [0, 0.1) is 6.92 Å². The number of hydrogen-bond acceptors (Lipinski definition) is 2. The predicted octanol–water partition coefficient (Wildman–Crippen LogP) is 0.285. The molecule has 0 N–H and O–H groups in total. The standard InChI is InChI=1S/C5H7N2P/c1-4-2-6-3-5(8)7-4/h2-3H,8H2,1H3. The van der Waals surface area contributed by atoms with E-state index in [-0.39, 0.29) is 0 Å². The van der Waals surface area contributed by atoms with Gasteiger partial charge in [0.15, 0.2) is 0 Å². The van der Waals surface area contributed by atoms with Crippen LogP contribution < -0.4 is 5.44 Å². The average molecular weight is 126 g/mol. The molecule has 0 saturated heterocycles. The highest BCUT2D eigenvalue weighted by molar-refractivity contribution is 7.26. The quantitative estimate of drug-likeness (QED) is 0.467. The summed E-state index contributed by atoms with van der Waals surface area (Å²) in [4.78, 5) is 7.97. The van der Waals surface area contributed by atoms with Crippen LogP contribution in [0.2, 0.25) is 0 Å². The van der Waals surface area contributed by atoms with Crippen LogP contribution in [0.15, 0.2) is 12.4 Å². The minimum atomic E-state index is 0.894. The van der Waals surface area contributed by atoms with Crippen LogP contribution in [-0.2, 0) is 0 Å². The summed E-state index contributed by atoms with van der Waals surface area (Å²) in [7, 11) is 2.49. The molecule has 8 heavy (non-hydrogen) atoms. The molecule has 0 fully saturated rings. The topological polar surface area (TPSA) is 25.8 Å². The fourth-order valence-electron chi connectivity index (χ4n) is 0.483. The molecular weight excluding hydrogens is 119 g/mol. The zero-order valence-corrected chi connectivity index (χ0v) is 5.78. The smallest absolute Gasteiger partial charge is 0.0754 e. The Hall–Kier alpha value is -0.490. The molecule has 0 aliphatic heterocycles. The zero-order chi connectivity index (χ0) is 5.98. The Bertz CT molecular complexity index is 170. The molecule has 2 nitrogen and oxygen atoms in total. The molecule has 0 spiro atoms. The van der Waals surface area contributed by atoms with E-state index in [1.165, 1.54) is 0 Å². The summed E-state index contributed by atoms with van der Waals surface area (Å²) in [6, 6.07) is 0. The highest BCUT2D eigenvalue weighted by atomic mass is 31.0. The maximum absolute atomic E-state index is 4.07. The Morgan fingerprint density at radius 2 is 2.25 bits per heavy atom. The maximum atomic E-state index is 4.07. The second-order valence-electron chi connectivity index (χ2n) is 1.59. The van der Waals surface area contributed by atoms with E-state index in [4.69, 9.17) is 0 Å². The Labute approximate surface area is 50.6 Å². The number of aromatic nitrogens is 2. The average Bonchev–Trinajstić information content (AvgIpc) is 1.64. The van der Waals surface area contributed by atoms with Crippen molar-refractivity contribution in [2.75, 3.05) is 0 Å². The van der Waals surface area contributed by atoms with E-state index < -0.39 is 0 Å². The maximum Gasteiger partial charge on any atom is 0.0754 e. The Kier molecular flexibility index (Phi) is 1.54. The van der Waals surface area contributed by atoms with Gasteiger partial charge >= 0.3 is 0 Å². The van der Waals surface area contributed by atoms with Gasteiger partial charge in [-0.15, -0.1) is 0 Å². The van der Waals surface area contributed by atoms with Gasteiger partial charge in [-0.3, -0.25) is 9.97 Å². The van der Waals surface area contributed by atoms with Gasteiger partial charge in [0.2, 0.25) is 0 Å². The van der Waals surface area contributed by atoms with Crippen LogP contribution in [0.5, 0.6) is 0 Å². The van der Waals surface area contributed by atoms with Crippen molar-refractivity contribution in [3.63, 3.8) is 0 Å². The summed E-state index contributed by atoms with van der Waals surface area (Å²) in [6.07, 6.45) is 3.44.